The first-order valence-corrected chi connectivity index (χ1v) is 7.72. The van der Waals surface area contributed by atoms with E-state index in [0.717, 1.165) is 18.4 Å². The zero-order valence-corrected chi connectivity index (χ0v) is 13.1. The predicted octanol–water partition coefficient (Wildman–Crippen LogP) is 2.30. The van der Waals surface area contributed by atoms with Gasteiger partial charge in [-0.1, -0.05) is 13.2 Å². The molecule has 0 radical (unpaired) electrons. The van der Waals surface area contributed by atoms with E-state index in [1.807, 2.05) is 0 Å². The second-order valence-electron chi connectivity index (χ2n) is 6.73. The third-order valence-electron chi connectivity index (χ3n) is 5.02. The molecular formula is C17H22O5. The summed E-state index contributed by atoms with van der Waals surface area (Å²) in [5.74, 6) is -0.862. The predicted molar refractivity (Wildman–Crippen MR) is 79.0 cm³/mol. The maximum absolute atomic E-state index is 11.9. The molecule has 5 nitrogen and oxygen atoms in total. The summed E-state index contributed by atoms with van der Waals surface area (Å²) in [4.78, 5) is 23.2. The van der Waals surface area contributed by atoms with Crippen LogP contribution >= 0.6 is 0 Å². The quantitative estimate of drug-likeness (QED) is 0.322. The van der Waals surface area contributed by atoms with E-state index in [1.54, 1.807) is 0 Å². The molecule has 0 aromatic carbocycles. The summed E-state index contributed by atoms with van der Waals surface area (Å²) in [6, 6.07) is 0. The molecular weight excluding hydrogens is 284 g/mol. The molecule has 0 aromatic heterocycles. The summed E-state index contributed by atoms with van der Waals surface area (Å²) in [7, 11) is 0. The smallest absolute Gasteiger partial charge is 0.334 e. The zero-order chi connectivity index (χ0) is 16.1. The van der Waals surface area contributed by atoms with Gasteiger partial charge in [-0.05, 0) is 31.8 Å². The van der Waals surface area contributed by atoms with E-state index in [1.165, 1.54) is 6.92 Å². The van der Waals surface area contributed by atoms with E-state index in [9.17, 15) is 9.59 Å². The lowest BCUT2D eigenvalue weighted by molar-refractivity contribution is -0.146. The summed E-state index contributed by atoms with van der Waals surface area (Å²) >= 11 is 0. The number of epoxide rings is 1. The van der Waals surface area contributed by atoms with Crippen molar-refractivity contribution in [3.05, 3.63) is 24.3 Å². The van der Waals surface area contributed by atoms with Gasteiger partial charge < -0.3 is 14.2 Å². The molecule has 2 saturated heterocycles. The number of carbonyl (C=O) groups is 2. The lowest BCUT2D eigenvalue weighted by Crippen LogP contribution is -2.31. The average Bonchev–Trinajstić information content (AvgIpc) is 3.00. The summed E-state index contributed by atoms with van der Waals surface area (Å²) in [5, 5.41) is 0. The Kier molecular flexibility index (Phi) is 3.63. The monoisotopic (exact) mass is 306 g/mol. The van der Waals surface area contributed by atoms with Gasteiger partial charge in [0.1, 0.15) is 12.2 Å². The molecule has 0 N–H and O–H groups in total. The fourth-order valence-electron chi connectivity index (χ4n) is 3.59. The van der Waals surface area contributed by atoms with Crippen LogP contribution in [0.2, 0.25) is 0 Å². The zero-order valence-electron chi connectivity index (χ0n) is 13.1. The van der Waals surface area contributed by atoms with E-state index in [4.69, 9.17) is 14.2 Å². The van der Waals surface area contributed by atoms with Gasteiger partial charge in [0, 0.05) is 24.8 Å². The van der Waals surface area contributed by atoms with Crippen molar-refractivity contribution in [3.63, 3.8) is 0 Å². The SMILES string of the molecule is C=C1CCC2OC2(C)CC2OC(=O)C(=C)C2CC1OC(C)=O. The Morgan fingerprint density at radius 1 is 1.41 bits per heavy atom. The van der Waals surface area contributed by atoms with Gasteiger partial charge in [-0.25, -0.2) is 4.79 Å². The van der Waals surface area contributed by atoms with Crippen molar-refractivity contribution >= 4 is 11.9 Å². The molecule has 3 rings (SSSR count). The average molecular weight is 306 g/mol. The van der Waals surface area contributed by atoms with Crippen LogP contribution in [0.15, 0.2) is 24.3 Å². The molecule has 2 heterocycles. The minimum absolute atomic E-state index is 0.147. The second kappa shape index (κ2) is 5.23. The molecule has 1 aliphatic carbocycles. The van der Waals surface area contributed by atoms with Crippen LogP contribution in [0.5, 0.6) is 0 Å². The van der Waals surface area contributed by atoms with Gasteiger partial charge in [-0.15, -0.1) is 0 Å². The molecule has 5 heteroatoms. The minimum atomic E-state index is -0.403. The third kappa shape index (κ3) is 2.70. The second-order valence-corrected chi connectivity index (χ2v) is 6.73. The highest BCUT2D eigenvalue weighted by Crippen LogP contribution is 2.48. The van der Waals surface area contributed by atoms with Gasteiger partial charge in [0.15, 0.2) is 0 Å². The Bertz CT molecular complexity index is 551. The van der Waals surface area contributed by atoms with Crippen molar-refractivity contribution in [3.8, 4) is 0 Å². The molecule has 5 unspecified atom stereocenters. The Balaban J connectivity index is 1.86. The van der Waals surface area contributed by atoms with Crippen LogP contribution in [0.3, 0.4) is 0 Å². The molecule has 1 saturated carbocycles. The van der Waals surface area contributed by atoms with Gasteiger partial charge in [0.2, 0.25) is 0 Å². The Morgan fingerprint density at radius 3 is 2.82 bits per heavy atom. The number of hydrogen-bond donors (Lipinski definition) is 0. The van der Waals surface area contributed by atoms with Crippen LogP contribution in [0.1, 0.15) is 39.5 Å². The van der Waals surface area contributed by atoms with Gasteiger partial charge in [-0.3, -0.25) is 4.79 Å². The third-order valence-corrected chi connectivity index (χ3v) is 5.02. The number of carbonyl (C=O) groups excluding carboxylic acids is 2. The van der Waals surface area contributed by atoms with Crippen molar-refractivity contribution in [1.29, 1.82) is 0 Å². The molecule has 22 heavy (non-hydrogen) atoms. The number of esters is 2. The first-order chi connectivity index (χ1) is 10.3. The van der Waals surface area contributed by atoms with Crippen LogP contribution < -0.4 is 0 Å². The van der Waals surface area contributed by atoms with Gasteiger partial charge >= 0.3 is 11.9 Å². The normalized spacial score (nSPS) is 41.3. The summed E-state index contributed by atoms with van der Waals surface area (Å²) < 4.78 is 16.7. The van der Waals surface area contributed by atoms with Gasteiger partial charge in [0.05, 0.1) is 11.7 Å². The molecule has 3 fully saturated rings. The summed E-state index contributed by atoms with van der Waals surface area (Å²) in [6.45, 7) is 11.4. The van der Waals surface area contributed by atoms with Crippen LogP contribution in [-0.4, -0.2) is 35.9 Å². The molecule has 2 aliphatic heterocycles. The van der Waals surface area contributed by atoms with Crippen LogP contribution in [0, 0.1) is 5.92 Å². The molecule has 0 amide bonds. The lowest BCUT2D eigenvalue weighted by Gasteiger charge is -2.27. The topological polar surface area (TPSA) is 65.1 Å². The van der Waals surface area contributed by atoms with Crippen LogP contribution in [0.25, 0.3) is 0 Å². The van der Waals surface area contributed by atoms with Crippen LogP contribution in [0.4, 0.5) is 0 Å². The van der Waals surface area contributed by atoms with E-state index < -0.39 is 6.10 Å². The minimum Gasteiger partial charge on any atom is -0.458 e. The van der Waals surface area contributed by atoms with Gasteiger partial charge in [-0.2, -0.15) is 0 Å². The van der Waals surface area contributed by atoms with Crippen molar-refractivity contribution in [2.45, 2.75) is 63.4 Å². The lowest BCUT2D eigenvalue weighted by atomic mass is 9.81. The molecule has 3 aliphatic rings. The Morgan fingerprint density at radius 2 is 2.14 bits per heavy atom. The van der Waals surface area contributed by atoms with E-state index in [2.05, 4.69) is 20.1 Å². The molecule has 0 spiro atoms. The maximum atomic E-state index is 11.9. The highest BCUT2D eigenvalue weighted by atomic mass is 16.6. The number of hydrogen-bond acceptors (Lipinski definition) is 5. The fraction of sp³-hybridized carbons (Fsp3) is 0.647. The molecule has 120 valence electrons. The molecule has 0 bridgehead atoms. The number of rotatable bonds is 1. The van der Waals surface area contributed by atoms with Gasteiger partial charge in [0.25, 0.3) is 0 Å². The Labute approximate surface area is 130 Å². The highest BCUT2D eigenvalue weighted by molar-refractivity contribution is 5.90. The largest absolute Gasteiger partial charge is 0.458 e. The van der Waals surface area contributed by atoms with Crippen molar-refractivity contribution < 1.29 is 23.8 Å². The first-order valence-electron chi connectivity index (χ1n) is 7.72. The fourth-order valence-corrected chi connectivity index (χ4v) is 3.59. The van der Waals surface area contributed by atoms with E-state index in [-0.39, 0.29) is 35.7 Å². The van der Waals surface area contributed by atoms with Crippen LogP contribution in [-0.2, 0) is 23.8 Å². The standard InChI is InChI=1S/C17H22O5/c1-9-5-6-15-17(4,22-15)8-14-12(10(2)16(19)21-14)7-13(9)20-11(3)18/h12-15H,1-2,5-8H2,3-4H3. The van der Waals surface area contributed by atoms with Crippen molar-refractivity contribution in [2.75, 3.05) is 0 Å². The molecule has 5 atom stereocenters. The van der Waals surface area contributed by atoms with E-state index >= 15 is 0 Å². The summed E-state index contributed by atoms with van der Waals surface area (Å²) in [5.41, 5.74) is 1.08. The first kappa shape index (κ1) is 15.3. The Hall–Kier alpha value is -1.62. The van der Waals surface area contributed by atoms with Crippen molar-refractivity contribution in [1.82, 2.24) is 0 Å². The highest BCUT2D eigenvalue weighted by Gasteiger charge is 2.56. The maximum Gasteiger partial charge on any atom is 0.334 e. The van der Waals surface area contributed by atoms with Crippen molar-refractivity contribution in [2.24, 2.45) is 5.92 Å². The number of ether oxygens (including phenoxy) is 3. The number of fused-ring (bicyclic) bond motifs is 2. The summed E-state index contributed by atoms with van der Waals surface area (Å²) in [6.07, 6.45) is 2.23. The van der Waals surface area contributed by atoms with E-state index in [0.29, 0.717) is 18.4 Å². The molecule has 0 aromatic rings.